The summed E-state index contributed by atoms with van der Waals surface area (Å²) in [6.07, 6.45) is 0. The van der Waals surface area contributed by atoms with Crippen LogP contribution in [0, 0.1) is 0 Å². The number of carboxylic acid groups (broad SMARTS) is 1. The number of hydrogen-bond acceptors (Lipinski definition) is 5. The number of aliphatic carboxylic acids is 1. The van der Waals surface area contributed by atoms with Gasteiger partial charge in [-0.15, -0.1) is 0 Å². The zero-order valence-corrected chi connectivity index (χ0v) is 13.8. The van der Waals surface area contributed by atoms with Crippen molar-refractivity contribution in [2.45, 2.75) is 12.6 Å². The average Bonchev–Trinajstić information content (AvgIpc) is 2.56. The third kappa shape index (κ3) is 4.09. The fraction of sp³-hybridized carbons (Fsp3) is 0.588. The molecule has 0 aliphatic carbocycles. The summed E-state index contributed by atoms with van der Waals surface area (Å²) in [4.78, 5) is 16.1. The molecule has 1 unspecified atom stereocenters. The van der Waals surface area contributed by atoms with Crippen molar-refractivity contribution in [2.75, 3.05) is 52.9 Å². The Hall–Kier alpha value is -1.47. The molecular weight excluding hydrogens is 292 g/mol. The van der Waals surface area contributed by atoms with Crippen molar-refractivity contribution in [3.63, 3.8) is 0 Å². The lowest BCUT2D eigenvalue weighted by Gasteiger charge is -2.47. The number of carboxylic acids is 1. The summed E-state index contributed by atoms with van der Waals surface area (Å²) in [5.74, 6) is -0.719. The van der Waals surface area contributed by atoms with Gasteiger partial charge in [-0.05, 0) is 12.6 Å². The van der Waals surface area contributed by atoms with Crippen LogP contribution in [0.5, 0.6) is 0 Å². The Balaban J connectivity index is 1.54. The third-order valence-corrected chi connectivity index (χ3v) is 4.80. The summed E-state index contributed by atoms with van der Waals surface area (Å²) in [6.45, 7) is 7.06. The highest BCUT2D eigenvalue weighted by atomic mass is 16.4. The molecule has 3 rings (SSSR count). The van der Waals surface area contributed by atoms with Gasteiger partial charge < -0.3 is 10.0 Å². The highest BCUT2D eigenvalue weighted by Crippen LogP contribution is 2.16. The fourth-order valence-electron chi connectivity index (χ4n) is 3.45. The summed E-state index contributed by atoms with van der Waals surface area (Å²) in [7, 11) is 1.99. The first kappa shape index (κ1) is 16.4. The highest BCUT2D eigenvalue weighted by molar-refractivity contribution is 5.73. The van der Waals surface area contributed by atoms with Gasteiger partial charge in [0.25, 0.3) is 0 Å². The standard InChI is InChI=1S/C17H26N4O2/c1-18-7-12-21(16(14-18)17(22)23)20-10-8-19(9-11-20)13-15-5-3-2-4-6-15/h2-6,16H,7-14H2,1H3,(H,22,23). The van der Waals surface area contributed by atoms with Crippen LogP contribution in [-0.2, 0) is 11.3 Å². The Morgan fingerprint density at radius 3 is 2.43 bits per heavy atom. The van der Waals surface area contributed by atoms with Crippen LogP contribution in [-0.4, -0.2) is 89.8 Å². The molecule has 0 saturated carbocycles. The second-order valence-electron chi connectivity index (χ2n) is 6.49. The molecule has 6 nitrogen and oxygen atoms in total. The molecule has 2 fully saturated rings. The molecule has 6 heteroatoms. The summed E-state index contributed by atoms with van der Waals surface area (Å²) in [6, 6.07) is 10.1. The molecule has 23 heavy (non-hydrogen) atoms. The molecule has 0 aromatic heterocycles. The van der Waals surface area contributed by atoms with Gasteiger partial charge in [0.1, 0.15) is 6.04 Å². The molecular formula is C17H26N4O2. The molecule has 2 aliphatic rings. The van der Waals surface area contributed by atoms with E-state index in [1.54, 1.807) is 0 Å². The Bertz CT molecular complexity index is 517. The summed E-state index contributed by atoms with van der Waals surface area (Å²) in [5.41, 5.74) is 1.34. The van der Waals surface area contributed by atoms with E-state index in [9.17, 15) is 9.90 Å². The summed E-state index contributed by atoms with van der Waals surface area (Å²) >= 11 is 0. The molecule has 1 atom stereocenters. The summed E-state index contributed by atoms with van der Waals surface area (Å²) < 4.78 is 0. The van der Waals surface area contributed by atoms with Gasteiger partial charge in [0, 0.05) is 52.4 Å². The normalized spacial score (nSPS) is 25.5. The maximum atomic E-state index is 11.6. The maximum Gasteiger partial charge on any atom is 0.323 e. The van der Waals surface area contributed by atoms with Crippen LogP contribution in [0.25, 0.3) is 0 Å². The van der Waals surface area contributed by atoms with E-state index in [2.05, 4.69) is 44.1 Å². The number of carbonyl (C=O) groups is 1. The van der Waals surface area contributed by atoms with Crippen LogP contribution in [0.4, 0.5) is 0 Å². The first-order chi connectivity index (χ1) is 11.1. The Kier molecular flexibility index (Phi) is 5.27. The van der Waals surface area contributed by atoms with Crippen LogP contribution in [0.2, 0.25) is 0 Å². The molecule has 2 heterocycles. The van der Waals surface area contributed by atoms with Crippen LogP contribution in [0.15, 0.2) is 30.3 Å². The van der Waals surface area contributed by atoms with Crippen molar-refractivity contribution < 1.29 is 9.90 Å². The van der Waals surface area contributed by atoms with Gasteiger partial charge >= 0.3 is 5.97 Å². The van der Waals surface area contributed by atoms with Gasteiger partial charge in [-0.1, -0.05) is 30.3 Å². The third-order valence-electron chi connectivity index (χ3n) is 4.80. The van der Waals surface area contributed by atoms with Gasteiger partial charge in [0.2, 0.25) is 0 Å². The molecule has 1 N–H and O–H groups in total. The zero-order valence-electron chi connectivity index (χ0n) is 13.8. The van der Waals surface area contributed by atoms with Crippen molar-refractivity contribution in [3.8, 4) is 0 Å². The molecule has 1 aromatic carbocycles. The predicted molar refractivity (Wildman–Crippen MR) is 88.9 cm³/mol. The lowest BCUT2D eigenvalue weighted by Crippen LogP contribution is -2.64. The fourth-order valence-corrected chi connectivity index (χ4v) is 3.45. The first-order valence-electron chi connectivity index (χ1n) is 8.32. The van der Waals surface area contributed by atoms with E-state index in [-0.39, 0.29) is 0 Å². The molecule has 0 spiro atoms. The molecule has 1 aromatic rings. The maximum absolute atomic E-state index is 11.6. The van der Waals surface area contributed by atoms with E-state index >= 15 is 0 Å². The quantitative estimate of drug-likeness (QED) is 0.868. The molecule has 0 bridgehead atoms. The molecule has 0 amide bonds. The van der Waals surface area contributed by atoms with Gasteiger partial charge in [0.15, 0.2) is 0 Å². The lowest BCUT2D eigenvalue weighted by atomic mass is 10.2. The van der Waals surface area contributed by atoms with Crippen LogP contribution in [0.3, 0.4) is 0 Å². The number of nitrogens with zero attached hydrogens (tertiary/aromatic N) is 4. The minimum atomic E-state index is -0.719. The average molecular weight is 318 g/mol. The van der Waals surface area contributed by atoms with Crippen LogP contribution < -0.4 is 0 Å². The van der Waals surface area contributed by atoms with Gasteiger partial charge in [-0.2, -0.15) is 0 Å². The van der Waals surface area contributed by atoms with E-state index < -0.39 is 12.0 Å². The lowest BCUT2D eigenvalue weighted by molar-refractivity contribution is -0.164. The zero-order chi connectivity index (χ0) is 16.2. The second-order valence-corrected chi connectivity index (χ2v) is 6.49. The largest absolute Gasteiger partial charge is 0.480 e. The number of rotatable bonds is 4. The number of piperazine rings is 2. The number of hydrazine groups is 1. The van der Waals surface area contributed by atoms with E-state index in [1.165, 1.54) is 5.56 Å². The van der Waals surface area contributed by atoms with Crippen molar-refractivity contribution >= 4 is 5.97 Å². The first-order valence-corrected chi connectivity index (χ1v) is 8.32. The number of benzene rings is 1. The predicted octanol–water partition coefficient (Wildman–Crippen LogP) is 0.420. The van der Waals surface area contributed by atoms with Gasteiger partial charge in [0.05, 0.1) is 0 Å². The Labute approximate surface area is 137 Å². The highest BCUT2D eigenvalue weighted by Gasteiger charge is 2.35. The monoisotopic (exact) mass is 318 g/mol. The van der Waals surface area contributed by atoms with E-state index in [0.717, 1.165) is 45.8 Å². The minimum absolute atomic E-state index is 0.422. The molecule has 2 saturated heterocycles. The summed E-state index contributed by atoms with van der Waals surface area (Å²) in [5, 5.41) is 13.8. The Morgan fingerprint density at radius 1 is 1.09 bits per heavy atom. The minimum Gasteiger partial charge on any atom is -0.480 e. The SMILES string of the molecule is CN1CCN(N2CCN(Cc3ccccc3)CC2)C(C(=O)O)C1. The Morgan fingerprint density at radius 2 is 1.78 bits per heavy atom. The van der Waals surface area contributed by atoms with E-state index in [4.69, 9.17) is 0 Å². The second kappa shape index (κ2) is 7.40. The molecule has 2 aliphatic heterocycles. The van der Waals surface area contributed by atoms with Crippen molar-refractivity contribution in [1.29, 1.82) is 0 Å². The van der Waals surface area contributed by atoms with Crippen LogP contribution in [0.1, 0.15) is 5.56 Å². The molecule has 126 valence electrons. The van der Waals surface area contributed by atoms with Gasteiger partial charge in [-0.25, -0.2) is 10.0 Å². The molecule has 0 radical (unpaired) electrons. The smallest absolute Gasteiger partial charge is 0.323 e. The number of likely N-dealkylation sites (N-methyl/N-ethyl adjacent to an activating group) is 1. The van der Waals surface area contributed by atoms with Crippen molar-refractivity contribution in [3.05, 3.63) is 35.9 Å². The number of hydrogen-bond donors (Lipinski definition) is 1. The van der Waals surface area contributed by atoms with Crippen molar-refractivity contribution in [2.24, 2.45) is 0 Å². The van der Waals surface area contributed by atoms with E-state index in [0.29, 0.717) is 6.54 Å². The topological polar surface area (TPSA) is 50.3 Å². The van der Waals surface area contributed by atoms with Crippen molar-refractivity contribution in [1.82, 2.24) is 19.8 Å². The van der Waals surface area contributed by atoms with Crippen LogP contribution >= 0.6 is 0 Å². The van der Waals surface area contributed by atoms with Gasteiger partial charge in [-0.3, -0.25) is 9.69 Å². The van der Waals surface area contributed by atoms with E-state index in [1.807, 2.05) is 13.1 Å².